The van der Waals surface area contributed by atoms with E-state index in [1.54, 1.807) is 0 Å². The molecule has 0 aromatic carbocycles. The Labute approximate surface area is 110 Å². The lowest BCUT2D eigenvalue weighted by molar-refractivity contribution is 0.136. The zero-order valence-corrected chi connectivity index (χ0v) is 11.1. The molecule has 1 aromatic rings. The number of hydrogen-bond donors (Lipinski definition) is 1. The first-order valence-corrected chi connectivity index (χ1v) is 7.23. The zero-order chi connectivity index (χ0) is 12.3. The number of rotatable bonds is 3. The smallest absolute Gasteiger partial charge is 0.0309 e. The van der Waals surface area contributed by atoms with E-state index in [9.17, 15) is 0 Å². The Kier molecular flexibility index (Phi) is 3.62. The van der Waals surface area contributed by atoms with Crippen molar-refractivity contribution in [2.24, 2.45) is 0 Å². The molecule has 1 aromatic heterocycles. The van der Waals surface area contributed by atoms with Gasteiger partial charge in [-0.2, -0.15) is 0 Å². The Morgan fingerprint density at radius 1 is 1.33 bits per heavy atom. The van der Waals surface area contributed by atoms with Gasteiger partial charge in [-0.1, -0.05) is 18.9 Å². The first-order chi connectivity index (χ1) is 8.86. The second-order valence-electron chi connectivity index (χ2n) is 5.80. The van der Waals surface area contributed by atoms with Crippen LogP contribution in [-0.2, 0) is 6.42 Å². The van der Waals surface area contributed by atoms with E-state index in [0.717, 1.165) is 13.0 Å². The van der Waals surface area contributed by atoms with E-state index in [1.165, 1.54) is 50.9 Å². The molecule has 1 aliphatic carbocycles. The minimum atomic E-state index is 0.452. The number of hydrogen-bond acceptors (Lipinski definition) is 3. The van der Waals surface area contributed by atoms with Gasteiger partial charge in [0.2, 0.25) is 0 Å². The van der Waals surface area contributed by atoms with E-state index in [1.807, 2.05) is 18.5 Å². The molecule has 0 unspecified atom stereocenters. The molecule has 0 atom stereocenters. The number of nitrogens with zero attached hydrogens (tertiary/aromatic N) is 2. The third-order valence-electron chi connectivity index (χ3n) is 4.45. The van der Waals surface area contributed by atoms with Crippen LogP contribution < -0.4 is 5.32 Å². The van der Waals surface area contributed by atoms with E-state index in [-0.39, 0.29) is 0 Å². The highest BCUT2D eigenvalue weighted by Crippen LogP contribution is 2.31. The predicted molar refractivity (Wildman–Crippen MR) is 73.6 cm³/mol. The van der Waals surface area contributed by atoms with Crippen LogP contribution in [0.2, 0.25) is 0 Å². The van der Waals surface area contributed by atoms with E-state index in [4.69, 9.17) is 0 Å². The monoisotopic (exact) mass is 245 g/mol. The predicted octanol–water partition coefficient (Wildman–Crippen LogP) is 1.84. The Morgan fingerprint density at radius 2 is 2.22 bits per heavy atom. The average Bonchev–Trinajstić information content (AvgIpc) is 2.86. The molecule has 1 saturated heterocycles. The molecule has 1 spiro atoms. The summed E-state index contributed by atoms with van der Waals surface area (Å²) in [4.78, 5) is 6.82. The first-order valence-electron chi connectivity index (χ1n) is 7.23. The molecule has 1 N–H and O–H groups in total. The largest absolute Gasteiger partial charge is 0.309 e. The molecule has 3 heteroatoms. The third-order valence-corrected chi connectivity index (χ3v) is 4.45. The summed E-state index contributed by atoms with van der Waals surface area (Å²) < 4.78 is 0. The fourth-order valence-corrected chi connectivity index (χ4v) is 3.45. The fraction of sp³-hybridized carbons (Fsp3) is 0.667. The topological polar surface area (TPSA) is 28.2 Å². The summed E-state index contributed by atoms with van der Waals surface area (Å²) >= 11 is 0. The van der Waals surface area contributed by atoms with Crippen LogP contribution in [-0.4, -0.2) is 41.6 Å². The van der Waals surface area contributed by atoms with Crippen molar-refractivity contribution in [3.63, 3.8) is 0 Å². The summed E-state index contributed by atoms with van der Waals surface area (Å²) in [5.41, 5.74) is 1.81. The van der Waals surface area contributed by atoms with E-state index < -0.39 is 0 Å². The van der Waals surface area contributed by atoms with Crippen molar-refractivity contribution < 1.29 is 0 Å². The van der Waals surface area contributed by atoms with Crippen molar-refractivity contribution in [3.05, 3.63) is 30.1 Å². The maximum absolute atomic E-state index is 4.19. The van der Waals surface area contributed by atoms with Gasteiger partial charge in [-0.3, -0.25) is 9.88 Å². The molecule has 18 heavy (non-hydrogen) atoms. The van der Waals surface area contributed by atoms with Gasteiger partial charge in [-0.05, 0) is 30.9 Å². The third kappa shape index (κ3) is 2.73. The molecule has 3 nitrogen and oxygen atoms in total. The van der Waals surface area contributed by atoms with Crippen molar-refractivity contribution in [3.8, 4) is 0 Å². The average molecular weight is 245 g/mol. The number of pyridine rings is 1. The van der Waals surface area contributed by atoms with Crippen LogP contribution >= 0.6 is 0 Å². The van der Waals surface area contributed by atoms with E-state index >= 15 is 0 Å². The molecule has 1 aliphatic heterocycles. The molecular weight excluding hydrogens is 222 g/mol. The molecule has 0 radical (unpaired) electrons. The summed E-state index contributed by atoms with van der Waals surface area (Å²) in [7, 11) is 0. The lowest BCUT2D eigenvalue weighted by Crippen LogP contribution is -2.59. The number of nitrogens with one attached hydrogen (secondary N) is 1. The van der Waals surface area contributed by atoms with Gasteiger partial charge in [0.15, 0.2) is 0 Å². The summed E-state index contributed by atoms with van der Waals surface area (Å²) in [6, 6.07) is 4.21. The standard InChI is InChI=1S/C15H23N3/c1-2-7-15(6-1)13-18(11-9-17-15)10-5-14-4-3-8-16-12-14/h3-4,8,12,17H,1-2,5-7,9-11,13H2. The van der Waals surface area contributed by atoms with Crippen molar-refractivity contribution in [2.45, 2.75) is 37.6 Å². The molecule has 2 aliphatic rings. The number of aromatic nitrogens is 1. The Morgan fingerprint density at radius 3 is 3.00 bits per heavy atom. The van der Waals surface area contributed by atoms with Gasteiger partial charge in [0, 0.05) is 44.1 Å². The highest BCUT2D eigenvalue weighted by Gasteiger charge is 2.37. The van der Waals surface area contributed by atoms with Gasteiger partial charge >= 0.3 is 0 Å². The summed E-state index contributed by atoms with van der Waals surface area (Å²) in [6.07, 6.45) is 10.5. The lowest BCUT2D eigenvalue weighted by Gasteiger charge is -2.41. The highest BCUT2D eigenvalue weighted by atomic mass is 15.2. The fourth-order valence-electron chi connectivity index (χ4n) is 3.45. The SMILES string of the molecule is c1cncc(CCN2CCNC3(CCCC3)C2)c1. The van der Waals surface area contributed by atoms with Crippen LogP contribution in [0.15, 0.2) is 24.5 Å². The van der Waals surface area contributed by atoms with Crippen LogP contribution in [0, 0.1) is 0 Å². The second-order valence-corrected chi connectivity index (χ2v) is 5.80. The maximum atomic E-state index is 4.19. The molecule has 1 saturated carbocycles. The second kappa shape index (κ2) is 5.37. The molecule has 98 valence electrons. The molecule has 2 heterocycles. The van der Waals surface area contributed by atoms with Gasteiger partial charge in [-0.25, -0.2) is 0 Å². The minimum absolute atomic E-state index is 0.452. The van der Waals surface area contributed by atoms with Gasteiger partial charge in [0.25, 0.3) is 0 Å². The van der Waals surface area contributed by atoms with Crippen LogP contribution in [0.25, 0.3) is 0 Å². The van der Waals surface area contributed by atoms with Crippen molar-refractivity contribution in [2.75, 3.05) is 26.2 Å². The maximum Gasteiger partial charge on any atom is 0.0309 e. The van der Waals surface area contributed by atoms with E-state index in [0.29, 0.717) is 5.54 Å². The summed E-state index contributed by atoms with van der Waals surface area (Å²) in [5, 5.41) is 3.77. The zero-order valence-electron chi connectivity index (χ0n) is 11.1. The minimum Gasteiger partial charge on any atom is -0.309 e. The van der Waals surface area contributed by atoms with Crippen molar-refractivity contribution >= 4 is 0 Å². The van der Waals surface area contributed by atoms with Crippen LogP contribution in [0.5, 0.6) is 0 Å². The lowest BCUT2D eigenvalue weighted by atomic mass is 9.94. The van der Waals surface area contributed by atoms with Crippen LogP contribution in [0.3, 0.4) is 0 Å². The normalized spacial score (nSPS) is 23.6. The molecular formula is C15H23N3. The van der Waals surface area contributed by atoms with Crippen LogP contribution in [0.4, 0.5) is 0 Å². The number of piperazine rings is 1. The first kappa shape index (κ1) is 12.1. The molecule has 0 amide bonds. The van der Waals surface area contributed by atoms with Gasteiger partial charge in [0.05, 0.1) is 0 Å². The van der Waals surface area contributed by atoms with Gasteiger partial charge < -0.3 is 5.32 Å². The summed E-state index contributed by atoms with van der Waals surface area (Å²) in [5.74, 6) is 0. The molecule has 0 bridgehead atoms. The Bertz CT molecular complexity index is 371. The quantitative estimate of drug-likeness (QED) is 0.881. The van der Waals surface area contributed by atoms with Crippen molar-refractivity contribution in [1.29, 1.82) is 0 Å². The summed E-state index contributed by atoms with van der Waals surface area (Å²) in [6.45, 7) is 4.78. The van der Waals surface area contributed by atoms with Crippen LogP contribution in [0.1, 0.15) is 31.2 Å². The Balaban J connectivity index is 1.54. The molecule has 3 rings (SSSR count). The van der Waals surface area contributed by atoms with E-state index in [2.05, 4.69) is 21.3 Å². The van der Waals surface area contributed by atoms with Crippen molar-refractivity contribution in [1.82, 2.24) is 15.2 Å². The Hall–Kier alpha value is -0.930. The van der Waals surface area contributed by atoms with Gasteiger partial charge in [0.1, 0.15) is 0 Å². The molecule has 2 fully saturated rings. The van der Waals surface area contributed by atoms with Gasteiger partial charge in [-0.15, -0.1) is 0 Å². The highest BCUT2D eigenvalue weighted by molar-refractivity contribution is 5.09.